The molecule has 0 aliphatic carbocycles. The van der Waals surface area contributed by atoms with E-state index in [2.05, 4.69) is 15.2 Å². The minimum atomic E-state index is -0.509. The van der Waals surface area contributed by atoms with E-state index in [1.165, 1.54) is 12.3 Å². The lowest BCUT2D eigenvalue weighted by Gasteiger charge is -2.07. The first-order chi connectivity index (χ1) is 9.10. The number of nitrogens with zero attached hydrogens (tertiary/aromatic N) is 2. The minimum Gasteiger partial charge on any atom is -0.462 e. The van der Waals surface area contributed by atoms with Gasteiger partial charge in [0.1, 0.15) is 0 Å². The van der Waals surface area contributed by atoms with Crippen molar-refractivity contribution in [1.82, 2.24) is 15.2 Å². The van der Waals surface area contributed by atoms with Crippen LogP contribution in [0, 0.1) is 6.92 Å². The van der Waals surface area contributed by atoms with E-state index in [1.807, 2.05) is 6.92 Å². The average molecular weight is 262 g/mol. The van der Waals surface area contributed by atoms with Crippen LogP contribution in [0.1, 0.15) is 23.0 Å². The first kappa shape index (κ1) is 12.9. The molecule has 0 unspecified atom stereocenters. The molecule has 0 spiro atoms. The monoisotopic (exact) mass is 262 g/mol. The summed E-state index contributed by atoms with van der Waals surface area (Å²) < 4.78 is 10.3. The number of hydrogen-bond donors (Lipinski definition) is 2. The van der Waals surface area contributed by atoms with Crippen molar-refractivity contribution in [3.05, 3.63) is 29.6 Å². The third-order valence-electron chi connectivity index (χ3n) is 2.30. The van der Waals surface area contributed by atoms with Crippen LogP contribution in [0.4, 0.5) is 5.69 Å². The summed E-state index contributed by atoms with van der Waals surface area (Å²) in [5.74, 6) is 0.0822. The predicted molar refractivity (Wildman–Crippen MR) is 68.0 cm³/mol. The molecule has 0 saturated carbocycles. The van der Waals surface area contributed by atoms with Crippen molar-refractivity contribution in [3.63, 3.8) is 0 Å². The van der Waals surface area contributed by atoms with Gasteiger partial charge in [-0.25, -0.2) is 9.78 Å². The Balaban J connectivity index is 2.23. The fourth-order valence-corrected chi connectivity index (χ4v) is 1.44. The molecule has 0 saturated heterocycles. The summed E-state index contributed by atoms with van der Waals surface area (Å²) in [5.41, 5.74) is 7.00. The highest BCUT2D eigenvalue weighted by Crippen LogP contribution is 2.22. The number of carbonyl (C=O) groups excluding carboxylic acids is 1. The first-order valence-electron chi connectivity index (χ1n) is 5.72. The van der Waals surface area contributed by atoms with Crippen molar-refractivity contribution in [2.75, 3.05) is 12.3 Å². The van der Waals surface area contributed by atoms with Crippen LogP contribution >= 0.6 is 0 Å². The zero-order chi connectivity index (χ0) is 13.8. The third-order valence-corrected chi connectivity index (χ3v) is 2.30. The van der Waals surface area contributed by atoms with Crippen molar-refractivity contribution < 1.29 is 14.3 Å². The fraction of sp³-hybridized carbons (Fsp3) is 0.250. The molecular formula is C12H14N4O3. The van der Waals surface area contributed by atoms with E-state index in [0.29, 0.717) is 5.88 Å². The van der Waals surface area contributed by atoms with Crippen LogP contribution in [0.3, 0.4) is 0 Å². The Morgan fingerprint density at radius 1 is 1.42 bits per heavy atom. The molecule has 0 amide bonds. The highest BCUT2D eigenvalue weighted by molar-refractivity contribution is 5.95. The Morgan fingerprint density at radius 2 is 2.21 bits per heavy atom. The van der Waals surface area contributed by atoms with Crippen LogP contribution in [-0.4, -0.2) is 27.8 Å². The lowest BCUT2D eigenvalue weighted by Crippen LogP contribution is -2.08. The Kier molecular flexibility index (Phi) is 3.65. The lowest BCUT2D eigenvalue weighted by atomic mass is 10.2. The van der Waals surface area contributed by atoms with Gasteiger partial charge in [0.15, 0.2) is 0 Å². The number of ether oxygens (including phenoxy) is 2. The molecule has 7 heteroatoms. The van der Waals surface area contributed by atoms with Crippen molar-refractivity contribution >= 4 is 11.7 Å². The second-order valence-corrected chi connectivity index (χ2v) is 3.82. The number of hydrogen-bond acceptors (Lipinski definition) is 6. The second kappa shape index (κ2) is 5.38. The SMILES string of the molecule is CCOC(=O)c1cc(Oc2cc(C)[nH]n2)ncc1N. The zero-order valence-electron chi connectivity index (χ0n) is 10.6. The molecule has 2 aromatic rings. The molecule has 0 radical (unpaired) electrons. The van der Waals surface area contributed by atoms with Crippen LogP contribution in [0.15, 0.2) is 18.3 Å². The highest BCUT2D eigenvalue weighted by atomic mass is 16.5. The third kappa shape index (κ3) is 3.01. The van der Waals surface area contributed by atoms with Gasteiger partial charge in [0.2, 0.25) is 11.8 Å². The number of nitrogens with one attached hydrogen (secondary N) is 1. The van der Waals surface area contributed by atoms with E-state index in [9.17, 15) is 4.79 Å². The molecular weight excluding hydrogens is 248 g/mol. The molecule has 100 valence electrons. The van der Waals surface area contributed by atoms with Gasteiger partial charge in [-0.1, -0.05) is 0 Å². The van der Waals surface area contributed by atoms with Crippen LogP contribution in [0.25, 0.3) is 0 Å². The maximum absolute atomic E-state index is 11.7. The molecule has 2 aromatic heterocycles. The van der Waals surface area contributed by atoms with E-state index >= 15 is 0 Å². The van der Waals surface area contributed by atoms with Gasteiger partial charge in [-0.15, -0.1) is 5.10 Å². The number of nitrogen functional groups attached to an aromatic ring is 1. The number of nitrogens with two attached hydrogens (primary N) is 1. The van der Waals surface area contributed by atoms with E-state index in [1.54, 1.807) is 13.0 Å². The number of H-pyrrole nitrogens is 1. The summed E-state index contributed by atoms with van der Waals surface area (Å²) in [6.45, 7) is 3.84. The number of carbonyl (C=O) groups is 1. The maximum atomic E-state index is 11.7. The smallest absolute Gasteiger partial charge is 0.340 e. The molecule has 0 aliphatic rings. The van der Waals surface area contributed by atoms with Gasteiger partial charge in [-0.2, -0.15) is 0 Å². The van der Waals surface area contributed by atoms with Crippen LogP contribution in [-0.2, 0) is 4.74 Å². The highest BCUT2D eigenvalue weighted by Gasteiger charge is 2.14. The van der Waals surface area contributed by atoms with Crippen LogP contribution in [0.2, 0.25) is 0 Å². The van der Waals surface area contributed by atoms with Gasteiger partial charge in [0, 0.05) is 17.8 Å². The molecule has 7 nitrogen and oxygen atoms in total. The van der Waals surface area contributed by atoms with Gasteiger partial charge in [-0.3, -0.25) is 5.10 Å². The van der Waals surface area contributed by atoms with Crippen molar-refractivity contribution in [2.24, 2.45) is 0 Å². The van der Waals surface area contributed by atoms with Gasteiger partial charge in [0.25, 0.3) is 0 Å². The van der Waals surface area contributed by atoms with E-state index in [-0.39, 0.29) is 23.7 Å². The Labute approximate surface area is 109 Å². The van der Waals surface area contributed by atoms with Crippen molar-refractivity contribution in [2.45, 2.75) is 13.8 Å². The Hall–Kier alpha value is -2.57. The molecule has 0 atom stereocenters. The van der Waals surface area contributed by atoms with Gasteiger partial charge in [0.05, 0.1) is 24.1 Å². The van der Waals surface area contributed by atoms with Gasteiger partial charge in [-0.05, 0) is 13.8 Å². The fourth-order valence-electron chi connectivity index (χ4n) is 1.44. The second-order valence-electron chi connectivity index (χ2n) is 3.82. The standard InChI is InChI=1S/C12H14N4O3/c1-3-18-12(17)8-5-10(14-6-9(8)13)19-11-4-7(2)15-16-11/h4-6H,3,13H2,1-2H3,(H,15,16). The van der Waals surface area contributed by atoms with Crippen molar-refractivity contribution in [1.29, 1.82) is 0 Å². The molecule has 0 fully saturated rings. The molecule has 2 heterocycles. The van der Waals surface area contributed by atoms with Gasteiger partial charge < -0.3 is 15.2 Å². The number of esters is 1. The molecule has 3 N–H and O–H groups in total. The largest absolute Gasteiger partial charge is 0.462 e. The van der Waals surface area contributed by atoms with Crippen LogP contribution in [0.5, 0.6) is 11.8 Å². The van der Waals surface area contributed by atoms with Crippen LogP contribution < -0.4 is 10.5 Å². The Morgan fingerprint density at radius 3 is 2.84 bits per heavy atom. The van der Waals surface area contributed by atoms with Gasteiger partial charge >= 0.3 is 5.97 Å². The van der Waals surface area contributed by atoms with E-state index in [0.717, 1.165) is 5.69 Å². The summed E-state index contributed by atoms with van der Waals surface area (Å²) in [6.07, 6.45) is 1.35. The number of aromatic nitrogens is 3. The molecule has 0 bridgehead atoms. The summed E-state index contributed by atoms with van der Waals surface area (Å²) in [5, 5.41) is 6.65. The van der Waals surface area contributed by atoms with E-state index in [4.69, 9.17) is 15.2 Å². The number of aromatic amines is 1. The molecule has 0 aromatic carbocycles. The predicted octanol–water partition coefficient (Wildman–Crippen LogP) is 1.66. The number of anilines is 1. The van der Waals surface area contributed by atoms with E-state index < -0.39 is 5.97 Å². The summed E-state index contributed by atoms with van der Waals surface area (Å²) >= 11 is 0. The maximum Gasteiger partial charge on any atom is 0.340 e. The molecule has 2 rings (SSSR count). The number of pyridine rings is 1. The first-order valence-corrected chi connectivity index (χ1v) is 5.72. The minimum absolute atomic E-state index is 0.221. The summed E-state index contributed by atoms with van der Waals surface area (Å²) in [7, 11) is 0. The topological polar surface area (TPSA) is 103 Å². The van der Waals surface area contributed by atoms with Crippen molar-refractivity contribution in [3.8, 4) is 11.8 Å². The zero-order valence-corrected chi connectivity index (χ0v) is 10.6. The molecule has 0 aliphatic heterocycles. The lowest BCUT2D eigenvalue weighted by molar-refractivity contribution is 0.0527. The normalized spacial score (nSPS) is 10.2. The Bertz CT molecular complexity index is 594. The number of aryl methyl sites for hydroxylation is 1. The summed E-state index contributed by atoms with van der Waals surface area (Å²) in [6, 6.07) is 3.14. The quantitative estimate of drug-likeness (QED) is 0.812. The average Bonchev–Trinajstić information content (AvgIpc) is 2.77. The summed E-state index contributed by atoms with van der Waals surface area (Å²) in [4.78, 5) is 15.6. The molecule has 19 heavy (non-hydrogen) atoms. The number of rotatable bonds is 4.